The molecule has 16 heavy (non-hydrogen) atoms. The highest BCUT2D eigenvalue weighted by Crippen LogP contribution is 2.29. The smallest absolute Gasteiger partial charge is 0.124 e. The predicted molar refractivity (Wildman–Crippen MR) is 70.1 cm³/mol. The second kappa shape index (κ2) is 4.43. The minimum atomic E-state index is 0. The van der Waals surface area contributed by atoms with Crippen molar-refractivity contribution in [1.29, 1.82) is 0 Å². The van der Waals surface area contributed by atoms with Crippen molar-refractivity contribution in [3.05, 3.63) is 54.6 Å². The molecule has 0 saturated carbocycles. The fourth-order valence-corrected chi connectivity index (χ4v) is 2.55. The summed E-state index contributed by atoms with van der Waals surface area (Å²) in [6.07, 6.45) is 0. The van der Waals surface area contributed by atoms with Crippen LogP contribution in [0.15, 0.2) is 54.6 Å². The topological polar surface area (TPSA) is 47.9 Å². The number of fused-ring (bicyclic) bond motifs is 1. The summed E-state index contributed by atoms with van der Waals surface area (Å²) < 4.78 is 1.25. The molecule has 0 fully saturated rings. The van der Waals surface area contributed by atoms with Crippen molar-refractivity contribution in [2.75, 3.05) is 0 Å². The van der Waals surface area contributed by atoms with Crippen LogP contribution in [-0.4, -0.2) is 4.98 Å². The van der Waals surface area contributed by atoms with Gasteiger partial charge in [-0.25, -0.2) is 4.98 Å². The molecule has 2 nitrogen and oxygen atoms in total. The lowest BCUT2D eigenvalue weighted by Crippen LogP contribution is -1.73. The van der Waals surface area contributed by atoms with Crippen molar-refractivity contribution < 1.29 is 0 Å². The van der Waals surface area contributed by atoms with Gasteiger partial charge in [0.25, 0.3) is 0 Å². The van der Waals surface area contributed by atoms with Gasteiger partial charge in [-0.3, -0.25) is 0 Å². The first-order valence-corrected chi connectivity index (χ1v) is 5.66. The van der Waals surface area contributed by atoms with Gasteiger partial charge in [0, 0.05) is 5.56 Å². The van der Waals surface area contributed by atoms with Crippen LogP contribution in [0, 0.1) is 0 Å². The lowest BCUT2D eigenvalue weighted by atomic mass is 10.2. The van der Waals surface area contributed by atoms with Crippen LogP contribution >= 0.6 is 11.3 Å². The zero-order chi connectivity index (χ0) is 10.1. The minimum Gasteiger partial charge on any atom is -0.344 e. The summed E-state index contributed by atoms with van der Waals surface area (Å²) in [5.41, 5.74) is 2.28. The largest absolute Gasteiger partial charge is 0.344 e. The fraction of sp³-hybridized carbons (Fsp3) is 0. The molecule has 0 aliphatic heterocycles. The summed E-state index contributed by atoms with van der Waals surface area (Å²) in [6, 6.07) is 18.5. The van der Waals surface area contributed by atoms with Gasteiger partial charge in [-0.1, -0.05) is 42.5 Å². The van der Waals surface area contributed by atoms with Gasteiger partial charge >= 0.3 is 0 Å². The number of nitrogens with zero attached hydrogens (tertiary/aromatic N) is 1. The van der Waals surface area contributed by atoms with Crippen molar-refractivity contribution in [2.24, 2.45) is 0 Å². The summed E-state index contributed by atoms with van der Waals surface area (Å²) in [7, 11) is 0. The number of para-hydroxylation sites is 1. The van der Waals surface area contributed by atoms with Crippen molar-refractivity contribution in [3.63, 3.8) is 0 Å². The molecule has 0 atom stereocenters. The summed E-state index contributed by atoms with van der Waals surface area (Å²) in [5, 5.41) is 1.09. The quantitative estimate of drug-likeness (QED) is 0.681. The van der Waals surface area contributed by atoms with Crippen LogP contribution < -0.4 is 6.15 Å². The maximum Gasteiger partial charge on any atom is 0.124 e. The fourth-order valence-electron chi connectivity index (χ4n) is 1.58. The molecular weight excluding hydrogens is 216 g/mol. The first-order chi connectivity index (χ1) is 7.43. The van der Waals surface area contributed by atoms with E-state index >= 15 is 0 Å². The maximum atomic E-state index is 4.60. The van der Waals surface area contributed by atoms with Gasteiger partial charge in [0.1, 0.15) is 5.01 Å². The van der Waals surface area contributed by atoms with Crippen LogP contribution in [0.4, 0.5) is 0 Å². The van der Waals surface area contributed by atoms with E-state index in [0.717, 1.165) is 10.5 Å². The van der Waals surface area contributed by atoms with Crippen molar-refractivity contribution in [2.45, 2.75) is 0 Å². The van der Waals surface area contributed by atoms with E-state index in [0.29, 0.717) is 0 Å². The molecule has 3 heteroatoms. The molecular formula is C13H12N2S. The first kappa shape index (κ1) is 10.8. The van der Waals surface area contributed by atoms with E-state index in [1.165, 1.54) is 10.3 Å². The molecule has 3 N–H and O–H groups in total. The van der Waals surface area contributed by atoms with Gasteiger partial charge < -0.3 is 6.15 Å². The van der Waals surface area contributed by atoms with Crippen molar-refractivity contribution in [3.8, 4) is 10.6 Å². The number of thiazole rings is 1. The zero-order valence-corrected chi connectivity index (χ0v) is 9.58. The summed E-state index contributed by atoms with van der Waals surface area (Å²) in [5.74, 6) is 0. The van der Waals surface area contributed by atoms with Crippen molar-refractivity contribution >= 4 is 21.6 Å². The molecule has 1 aromatic heterocycles. The number of rotatable bonds is 1. The number of hydrogen-bond acceptors (Lipinski definition) is 3. The van der Waals surface area contributed by atoms with Crippen LogP contribution in [0.2, 0.25) is 0 Å². The monoisotopic (exact) mass is 228 g/mol. The van der Waals surface area contributed by atoms with Gasteiger partial charge in [0.05, 0.1) is 10.2 Å². The van der Waals surface area contributed by atoms with Gasteiger partial charge in [0.15, 0.2) is 0 Å². The van der Waals surface area contributed by atoms with Gasteiger partial charge in [-0.2, -0.15) is 0 Å². The van der Waals surface area contributed by atoms with Gasteiger partial charge in [0.2, 0.25) is 0 Å². The maximum absolute atomic E-state index is 4.60. The molecule has 0 amide bonds. The average molecular weight is 228 g/mol. The predicted octanol–water partition coefficient (Wildman–Crippen LogP) is 4.13. The molecule has 3 rings (SSSR count). The Balaban J connectivity index is 0.000000963. The highest BCUT2D eigenvalue weighted by molar-refractivity contribution is 7.21. The Labute approximate surface area is 98.2 Å². The Morgan fingerprint density at radius 2 is 1.50 bits per heavy atom. The van der Waals surface area contributed by atoms with Crippen molar-refractivity contribution in [1.82, 2.24) is 11.1 Å². The third-order valence-corrected chi connectivity index (χ3v) is 3.40. The molecule has 0 radical (unpaired) electrons. The summed E-state index contributed by atoms with van der Waals surface area (Å²) >= 11 is 1.74. The Morgan fingerprint density at radius 3 is 2.25 bits per heavy atom. The van der Waals surface area contributed by atoms with E-state index in [1.807, 2.05) is 24.3 Å². The number of aromatic nitrogens is 1. The highest BCUT2D eigenvalue weighted by atomic mass is 32.1. The lowest BCUT2D eigenvalue weighted by Gasteiger charge is -1.92. The van der Waals surface area contributed by atoms with Crippen LogP contribution in [0.3, 0.4) is 0 Å². The number of hydrogen-bond donors (Lipinski definition) is 1. The Bertz CT molecular complexity index is 554. The molecule has 0 aliphatic rings. The van der Waals surface area contributed by atoms with E-state index < -0.39 is 0 Å². The van der Waals surface area contributed by atoms with E-state index in [4.69, 9.17) is 0 Å². The normalized spacial score (nSPS) is 10.0. The van der Waals surface area contributed by atoms with Crippen LogP contribution in [0.5, 0.6) is 0 Å². The molecule has 0 bridgehead atoms. The second-order valence-electron chi connectivity index (χ2n) is 3.35. The molecule has 3 aromatic rings. The molecule has 0 saturated heterocycles. The van der Waals surface area contributed by atoms with E-state index in [9.17, 15) is 0 Å². The van der Waals surface area contributed by atoms with Crippen LogP contribution in [0.1, 0.15) is 0 Å². The Morgan fingerprint density at radius 1 is 0.812 bits per heavy atom. The Hall–Kier alpha value is -1.71. The Kier molecular flexibility index (Phi) is 2.99. The first-order valence-electron chi connectivity index (χ1n) is 4.84. The molecule has 0 aliphatic carbocycles. The third kappa shape index (κ3) is 1.83. The molecule has 0 spiro atoms. The standard InChI is InChI=1S/C13H9NS.H3N/c1-2-6-10(7-3-1)13-14-11-8-4-5-9-12(11)15-13;/h1-9H;1H3. The lowest BCUT2D eigenvalue weighted by molar-refractivity contribution is 1.48. The van der Waals surface area contributed by atoms with E-state index in [-0.39, 0.29) is 6.15 Å². The van der Waals surface area contributed by atoms with Gasteiger partial charge in [-0.15, -0.1) is 11.3 Å². The molecule has 0 unspecified atom stereocenters. The van der Waals surface area contributed by atoms with E-state index in [1.54, 1.807) is 11.3 Å². The molecule has 1 heterocycles. The van der Waals surface area contributed by atoms with E-state index in [2.05, 4.69) is 35.3 Å². The zero-order valence-electron chi connectivity index (χ0n) is 8.76. The number of benzene rings is 2. The highest BCUT2D eigenvalue weighted by Gasteiger charge is 2.03. The third-order valence-electron chi connectivity index (χ3n) is 2.31. The minimum absolute atomic E-state index is 0. The van der Waals surface area contributed by atoms with Gasteiger partial charge in [-0.05, 0) is 12.1 Å². The summed E-state index contributed by atoms with van der Waals surface area (Å²) in [4.78, 5) is 4.60. The van der Waals surface area contributed by atoms with Crippen LogP contribution in [0.25, 0.3) is 20.8 Å². The van der Waals surface area contributed by atoms with Crippen LogP contribution in [-0.2, 0) is 0 Å². The SMILES string of the molecule is N.c1ccc(-c2nc3ccccc3s2)cc1. The molecule has 2 aromatic carbocycles. The second-order valence-corrected chi connectivity index (χ2v) is 4.38. The average Bonchev–Trinajstić information content (AvgIpc) is 2.74. The summed E-state index contributed by atoms with van der Waals surface area (Å²) in [6.45, 7) is 0. The molecule has 80 valence electrons.